The molecule has 1 saturated carbocycles. The van der Waals surface area contributed by atoms with E-state index in [0.29, 0.717) is 25.3 Å². The Bertz CT molecular complexity index is 676. The van der Waals surface area contributed by atoms with E-state index in [2.05, 4.69) is 0 Å². The Morgan fingerprint density at radius 1 is 1.19 bits per heavy atom. The van der Waals surface area contributed by atoms with Gasteiger partial charge in [-0.3, -0.25) is 4.79 Å². The van der Waals surface area contributed by atoms with Crippen molar-refractivity contribution in [2.24, 2.45) is 5.92 Å². The molecule has 1 aliphatic carbocycles. The Morgan fingerprint density at radius 2 is 1.89 bits per heavy atom. The van der Waals surface area contributed by atoms with E-state index < -0.39 is 12.1 Å². The number of rotatable bonds is 8. The molecule has 0 radical (unpaired) electrons. The first kappa shape index (κ1) is 19.6. The molecule has 0 spiro atoms. The fraction of sp³-hybridized carbons (Fsp3) is 0.545. The fourth-order valence-electron chi connectivity index (χ4n) is 4.23. The Hall–Kier alpha value is -2.14. The summed E-state index contributed by atoms with van der Waals surface area (Å²) in [7, 11) is 0. The molecule has 2 fully saturated rings. The van der Waals surface area contributed by atoms with Crippen LogP contribution in [0, 0.1) is 5.92 Å². The van der Waals surface area contributed by atoms with Crippen LogP contribution in [0.1, 0.15) is 60.9 Å². The van der Waals surface area contributed by atoms with E-state index in [1.54, 1.807) is 24.3 Å². The first-order valence-electron chi connectivity index (χ1n) is 10.0. The van der Waals surface area contributed by atoms with E-state index in [1.165, 1.54) is 25.7 Å². The average Bonchev–Trinajstić information content (AvgIpc) is 3.28. The Morgan fingerprint density at radius 3 is 2.56 bits per heavy atom. The predicted molar refractivity (Wildman–Crippen MR) is 104 cm³/mol. The van der Waals surface area contributed by atoms with Crippen LogP contribution in [0.15, 0.2) is 36.4 Å². The minimum absolute atomic E-state index is 0.0500. The molecule has 1 aliphatic heterocycles. The number of carbonyl (C=O) groups excluding carboxylic acids is 1. The van der Waals surface area contributed by atoms with Gasteiger partial charge in [-0.05, 0) is 42.9 Å². The van der Waals surface area contributed by atoms with Crippen molar-refractivity contribution in [3.8, 4) is 0 Å². The van der Waals surface area contributed by atoms with Gasteiger partial charge in [-0.1, -0.05) is 50.0 Å². The minimum Gasteiger partial charge on any atom is -0.478 e. The van der Waals surface area contributed by atoms with Crippen LogP contribution in [0.25, 0.3) is 0 Å². The zero-order valence-corrected chi connectivity index (χ0v) is 15.7. The Labute approximate surface area is 160 Å². The summed E-state index contributed by atoms with van der Waals surface area (Å²) in [6.45, 7) is 0.610. The number of nitrogens with zero attached hydrogens (tertiary/aromatic N) is 1. The maximum atomic E-state index is 12.2. The molecule has 0 bridgehead atoms. The molecule has 5 nitrogen and oxygen atoms in total. The zero-order chi connectivity index (χ0) is 19.2. The largest absolute Gasteiger partial charge is 0.478 e. The van der Waals surface area contributed by atoms with Gasteiger partial charge in [0.05, 0.1) is 17.7 Å². The number of hydrogen-bond donors (Lipinski definition) is 2. The fourth-order valence-corrected chi connectivity index (χ4v) is 4.23. The number of aliphatic hydroxyl groups is 1. The third-order valence-corrected chi connectivity index (χ3v) is 5.82. The average molecular weight is 371 g/mol. The number of benzene rings is 1. The lowest BCUT2D eigenvalue weighted by atomic mass is 9.99. The summed E-state index contributed by atoms with van der Waals surface area (Å²) >= 11 is 0. The molecule has 1 saturated heterocycles. The van der Waals surface area contributed by atoms with Gasteiger partial charge in [0.1, 0.15) is 0 Å². The molecule has 2 aliphatic rings. The Kier molecular flexibility index (Phi) is 6.67. The maximum absolute atomic E-state index is 12.2. The summed E-state index contributed by atoms with van der Waals surface area (Å²) in [5, 5.41) is 19.2. The monoisotopic (exact) mass is 371 g/mol. The van der Waals surface area contributed by atoms with Crippen LogP contribution >= 0.6 is 0 Å². The van der Waals surface area contributed by atoms with Crippen LogP contribution in [0.5, 0.6) is 0 Å². The molecule has 3 rings (SSSR count). The standard InChI is InChI=1S/C22H29NO4/c24-20(15-17-3-1-2-4-17)11-9-19-10-12-21(25)23(19)14-13-16-5-7-18(8-6-16)22(26)27/h5-9,11,17,19-20,24H,1-4,10,12-15H2,(H,26,27)/b11-9-. The first-order chi connectivity index (χ1) is 13.0. The summed E-state index contributed by atoms with van der Waals surface area (Å²) in [5.41, 5.74) is 1.29. The second kappa shape index (κ2) is 9.18. The third kappa shape index (κ3) is 5.42. The van der Waals surface area contributed by atoms with Crippen LogP contribution in [-0.4, -0.2) is 45.7 Å². The van der Waals surface area contributed by atoms with Gasteiger partial charge in [-0.15, -0.1) is 0 Å². The molecule has 1 amide bonds. The van der Waals surface area contributed by atoms with Gasteiger partial charge in [-0.2, -0.15) is 0 Å². The first-order valence-corrected chi connectivity index (χ1v) is 10.0. The second-order valence-corrected chi connectivity index (χ2v) is 7.78. The molecule has 1 aromatic carbocycles. The Balaban J connectivity index is 1.52. The number of carboxylic acids is 1. The lowest BCUT2D eigenvalue weighted by molar-refractivity contribution is -0.128. The number of aromatic carboxylic acids is 1. The van der Waals surface area contributed by atoms with Crippen LogP contribution < -0.4 is 0 Å². The van der Waals surface area contributed by atoms with E-state index in [1.807, 2.05) is 17.1 Å². The molecule has 2 unspecified atom stereocenters. The van der Waals surface area contributed by atoms with E-state index in [4.69, 9.17) is 5.11 Å². The summed E-state index contributed by atoms with van der Waals surface area (Å²) < 4.78 is 0. The second-order valence-electron chi connectivity index (χ2n) is 7.78. The predicted octanol–water partition coefficient (Wildman–Crippen LogP) is 3.42. The molecule has 5 heteroatoms. The normalized spacial score (nSPS) is 22.0. The molecular formula is C22H29NO4. The van der Waals surface area contributed by atoms with Crippen molar-refractivity contribution in [1.82, 2.24) is 4.90 Å². The van der Waals surface area contributed by atoms with Gasteiger partial charge in [0.2, 0.25) is 5.91 Å². The van der Waals surface area contributed by atoms with Gasteiger partial charge < -0.3 is 15.1 Å². The van der Waals surface area contributed by atoms with E-state index >= 15 is 0 Å². The summed E-state index contributed by atoms with van der Waals surface area (Å²) in [4.78, 5) is 25.0. The molecule has 146 valence electrons. The number of amides is 1. The smallest absolute Gasteiger partial charge is 0.335 e. The van der Waals surface area contributed by atoms with Crippen molar-refractivity contribution in [2.75, 3.05) is 6.54 Å². The molecular weight excluding hydrogens is 342 g/mol. The number of carboxylic acid groups (broad SMARTS) is 1. The molecule has 1 aromatic rings. The molecule has 27 heavy (non-hydrogen) atoms. The van der Waals surface area contributed by atoms with Gasteiger partial charge in [0.15, 0.2) is 0 Å². The summed E-state index contributed by atoms with van der Waals surface area (Å²) in [6.07, 6.45) is 11.3. The van der Waals surface area contributed by atoms with Crippen LogP contribution in [0.4, 0.5) is 0 Å². The topological polar surface area (TPSA) is 77.8 Å². The number of aliphatic hydroxyl groups excluding tert-OH is 1. The highest BCUT2D eigenvalue weighted by atomic mass is 16.4. The number of hydrogen-bond acceptors (Lipinski definition) is 3. The van der Waals surface area contributed by atoms with Crippen molar-refractivity contribution >= 4 is 11.9 Å². The maximum Gasteiger partial charge on any atom is 0.335 e. The van der Waals surface area contributed by atoms with E-state index in [0.717, 1.165) is 18.4 Å². The van der Waals surface area contributed by atoms with Crippen LogP contribution in [0.3, 0.4) is 0 Å². The van der Waals surface area contributed by atoms with Crippen molar-refractivity contribution in [1.29, 1.82) is 0 Å². The van der Waals surface area contributed by atoms with Crippen LogP contribution in [-0.2, 0) is 11.2 Å². The highest BCUT2D eigenvalue weighted by Gasteiger charge is 2.29. The highest BCUT2D eigenvalue weighted by molar-refractivity contribution is 5.87. The van der Waals surface area contributed by atoms with Gasteiger partial charge in [0, 0.05) is 13.0 Å². The zero-order valence-electron chi connectivity index (χ0n) is 15.7. The van der Waals surface area contributed by atoms with Gasteiger partial charge in [0.25, 0.3) is 0 Å². The number of carbonyl (C=O) groups is 2. The van der Waals surface area contributed by atoms with Crippen molar-refractivity contribution in [3.63, 3.8) is 0 Å². The molecule has 0 aromatic heterocycles. The van der Waals surface area contributed by atoms with Crippen molar-refractivity contribution in [2.45, 2.75) is 63.5 Å². The van der Waals surface area contributed by atoms with Crippen LogP contribution in [0.2, 0.25) is 0 Å². The third-order valence-electron chi connectivity index (χ3n) is 5.82. The molecule has 1 heterocycles. The van der Waals surface area contributed by atoms with Gasteiger partial charge >= 0.3 is 5.97 Å². The lowest BCUT2D eigenvalue weighted by Crippen LogP contribution is -2.33. The molecule has 2 N–H and O–H groups in total. The minimum atomic E-state index is -0.933. The lowest BCUT2D eigenvalue weighted by Gasteiger charge is -2.23. The van der Waals surface area contributed by atoms with E-state index in [9.17, 15) is 14.7 Å². The highest BCUT2D eigenvalue weighted by Crippen LogP contribution is 2.29. The summed E-state index contributed by atoms with van der Waals surface area (Å²) in [5.74, 6) is -0.144. The molecule has 2 atom stereocenters. The summed E-state index contributed by atoms with van der Waals surface area (Å²) in [6, 6.07) is 6.86. The van der Waals surface area contributed by atoms with Crippen molar-refractivity contribution < 1.29 is 19.8 Å². The quantitative estimate of drug-likeness (QED) is 0.687. The van der Waals surface area contributed by atoms with E-state index in [-0.39, 0.29) is 17.5 Å². The number of likely N-dealkylation sites (tertiary alicyclic amines) is 1. The van der Waals surface area contributed by atoms with Gasteiger partial charge in [-0.25, -0.2) is 4.79 Å². The SMILES string of the molecule is O=C(O)c1ccc(CCN2C(=O)CCC2/C=C\C(O)CC2CCCC2)cc1. The van der Waals surface area contributed by atoms with Crippen molar-refractivity contribution in [3.05, 3.63) is 47.5 Å².